The van der Waals surface area contributed by atoms with E-state index in [1.807, 2.05) is 30.3 Å². The lowest BCUT2D eigenvalue weighted by atomic mass is 10.1. The van der Waals surface area contributed by atoms with Crippen LogP contribution in [-0.4, -0.2) is 19.9 Å². The molecule has 92 valence electrons. The summed E-state index contributed by atoms with van der Waals surface area (Å²) >= 11 is 5.95. The number of nitrogens with zero attached hydrogens (tertiary/aromatic N) is 2. The highest BCUT2D eigenvalue weighted by molar-refractivity contribution is 6.34. The molecule has 0 fully saturated rings. The predicted molar refractivity (Wildman–Crippen MR) is 74.1 cm³/mol. The smallest absolute Gasteiger partial charge is 0.118 e. The molecule has 0 aliphatic carbocycles. The molecular formula is C14H13ClN2O. The summed E-state index contributed by atoms with van der Waals surface area (Å²) in [6, 6.07) is 9.31. The van der Waals surface area contributed by atoms with Crippen molar-refractivity contribution in [3.8, 4) is 11.8 Å². The van der Waals surface area contributed by atoms with Crippen molar-refractivity contribution in [2.75, 3.05) is 14.2 Å². The van der Waals surface area contributed by atoms with Crippen molar-refractivity contribution in [1.29, 1.82) is 5.26 Å². The van der Waals surface area contributed by atoms with Gasteiger partial charge in [-0.2, -0.15) is 5.26 Å². The molecule has 0 heterocycles. The lowest BCUT2D eigenvalue weighted by Crippen LogP contribution is -1.98. The molecule has 0 saturated carbocycles. The van der Waals surface area contributed by atoms with E-state index >= 15 is 0 Å². The lowest BCUT2D eigenvalue weighted by Gasteiger charge is -2.04. The van der Waals surface area contributed by atoms with Crippen molar-refractivity contribution < 1.29 is 4.74 Å². The second kappa shape index (κ2) is 6.63. The lowest BCUT2D eigenvalue weighted by molar-refractivity contribution is 0.415. The van der Waals surface area contributed by atoms with E-state index < -0.39 is 0 Å². The van der Waals surface area contributed by atoms with Crippen molar-refractivity contribution in [2.24, 2.45) is 4.99 Å². The summed E-state index contributed by atoms with van der Waals surface area (Å²) in [6.07, 6.45) is 1.62. The molecule has 0 aromatic heterocycles. The van der Waals surface area contributed by atoms with Crippen LogP contribution in [0.5, 0.6) is 5.75 Å². The van der Waals surface area contributed by atoms with Crippen molar-refractivity contribution in [3.63, 3.8) is 0 Å². The van der Waals surface area contributed by atoms with Crippen LogP contribution in [-0.2, 0) is 0 Å². The molecule has 3 nitrogen and oxygen atoms in total. The second-order valence-corrected chi connectivity index (χ2v) is 3.83. The molecule has 0 saturated heterocycles. The molecule has 0 spiro atoms. The zero-order valence-corrected chi connectivity index (χ0v) is 11.0. The maximum atomic E-state index is 8.70. The third kappa shape index (κ3) is 3.47. The normalized spacial score (nSPS) is 11.9. The molecule has 0 bridgehead atoms. The largest absolute Gasteiger partial charge is 0.497 e. The molecule has 0 unspecified atom stereocenters. The summed E-state index contributed by atoms with van der Waals surface area (Å²) in [5.74, 6) is 0.769. The Morgan fingerprint density at radius 1 is 1.44 bits per heavy atom. The van der Waals surface area contributed by atoms with Crippen LogP contribution in [0.15, 0.2) is 52.5 Å². The van der Waals surface area contributed by atoms with Crippen LogP contribution in [0.4, 0.5) is 0 Å². The molecule has 1 rings (SSSR count). The highest BCUT2D eigenvalue weighted by Gasteiger charge is 2.04. The molecule has 1 aromatic rings. The number of hydrogen-bond donors (Lipinski definition) is 0. The van der Waals surface area contributed by atoms with Gasteiger partial charge in [0.05, 0.1) is 23.4 Å². The molecule has 0 aliphatic rings. The predicted octanol–water partition coefficient (Wildman–Crippen LogP) is 3.32. The summed E-state index contributed by atoms with van der Waals surface area (Å²) in [7, 11) is 3.27. The van der Waals surface area contributed by atoms with Crippen LogP contribution in [0.25, 0.3) is 0 Å². The van der Waals surface area contributed by atoms with Gasteiger partial charge in [-0.05, 0) is 35.9 Å². The van der Waals surface area contributed by atoms with Crippen LogP contribution >= 0.6 is 11.6 Å². The van der Waals surface area contributed by atoms with Gasteiger partial charge in [-0.25, -0.2) is 0 Å². The fourth-order valence-electron chi connectivity index (χ4n) is 1.30. The second-order valence-electron chi connectivity index (χ2n) is 3.42. The molecule has 0 radical (unpaired) electrons. The maximum absolute atomic E-state index is 8.70. The van der Waals surface area contributed by atoms with Gasteiger partial charge < -0.3 is 4.74 Å². The molecule has 18 heavy (non-hydrogen) atoms. The number of rotatable bonds is 4. The highest BCUT2D eigenvalue weighted by Crippen LogP contribution is 2.16. The van der Waals surface area contributed by atoms with E-state index in [2.05, 4.69) is 11.6 Å². The Morgan fingerprint density at radius 3 is 2.50 bits per heavy atom. The van der Waals surface area contributed by atoms with Gasteiger partial charge in [0.25, 0.3) is 0 Å². The standard InChI is InChI=1S/C14H13ClN2O/c1-10(9-16)13(15)8-14(17-2)11-4-6-12(18-3)7-5-11/h4-8H,1H2,2-3H3/b13-8+,17-14?. The highest BCUT2D eigenvalue weighted by atomic mass is 35.5. The molecular weight excluding hydrogens is 248 g/mol. The van der Waals surface area contributed by atoms with Gasteiger partial charge in [0, 0.05) is 7.05 Å². The molecule has 0 amide bonds. The van der Waals surface area contributed by atoms with E-state index in [0.29, 0.717) is 5.71 Å². The third-order valence-corrected chi connectivity index (χ3v) is 2.65. The Hall–Kier alpha value is -2.05. The van der Waals surface area contributed by atoms with E-state index in [1.54, 1.807) is 20.2 Å². The number of benzene rings is 1. The maximum Gasteiger partial charge on any atom is 0.118 e. The summed E-state index contributed by atoms with van der Waals surface area (Å²) in [5.41, 5.74) is 1.78. The van der Waals surface area contributed by atoms with E-state index in [1.165, 1.54) is 0 Å². The Labute approximate surface area is 112 Å². The van der Waals surface area contributed by atoms with Gasteiger partial charge in [-0.1, -0.05) is 18.2 Å². The molecule has 1 aromatic carbocycles. The number of hydrogen-bond acceptors (Lipinski definition) is 3. The van der Waals surface area contributed by atoms with Gasteiger partial charge >= 0.3 is 0 Å². The van der Waals surface area contributed by atoms with Gasteiger partial charge in [0.15, 0.2) is 0 Å². The molecule has 0 N–H and O–H groups in total. The third-order valence-electron chi connectivity index (χ3n) is 2.31. The summed E-state index contributed by atoms with van der Waals surface area (Å²) in [4.78, 5) is 4.13. The first-order valence-corrected chi connectivity index (χ1v) is 5.58. The van der Waals surface area contributed by atoms with Crippen LogP contribution in [0.1, 0.15) is 5.56 Å². The average molecular weight is 261 g/mol. The minimum atomic E-state index is 0.214. The number of methoxy groups -OCH3 is 1. The molecule has 4 heteroatoms. The number of allylic oxidation sites excluding steroid dienone is 3. The zero-order valence-electron chi connectivity index (χ0n) is 10.3. The molecule has 0 atom stereocenters. The van der Waals surface area contributed by atoms with Crippen LogP contribution < -0.4 is 4.74 Å². The van der Waals surface area contributed by atoms with E-state index in [-0.39, 0.29) is 10.6 Å². The monoisotopic (exact) mass is 260 g/mol. The Balaban J connectivity index is 3.05. The first-order chi connectivity index (χ1) is 8.62. The summed E-state index contributed by atoms with van der Waals surface area (Å²) < 4.78 is 5.08. The van der Waals surface area contributed by atoms with Crippen molar-refractivity contribution in [1.82, 2.24) is 0 Å². The fraction of sp³-hybridized carbons (Fsp3) is 0.143. The quantitative estimate of drug-likeness (QED) is 0.474. The Bertz CT molecular complexity index is 536. The number of ether oxygens (including phenoxy) is 1. The van der Waals surface area contributed by atoms with E-state index in [0.717, 1.165) is 11.3 Å². The minimum absolute atomic E-state index is 0.214. The minimum Gasteiger partial charge on any atom is -0.497 e. The first kappa shape index (κ1) is 14.0. The zero-order chi connectivity index (χ0) is 13.5. The summed E-state index contributed by atoms with van der Waals surface area (Å²) in [5, 5.41) is 8.98. The fourth-order valence-corrected chi connectivity index (χ4v) is 1.44. The van der Waals surface area contributed by atoms with Gasteiger partial charge in [-0.15, -0.1) is 0 Å². The number of halogens is 1. The molecule has 0 aliphatic heterocycles. The van der Waals surface area contributed by atoms with Gasteiger partial charge in [-0.3, -0.25) is 4.99 Å². The van der Waals surface area contributed by atoms with Crippen LogP contribution in [0.2, 0.25) is 0 Å². The summed E-state index contributed by atoms with van der Waals surface area (Å²) in [6.45, 7) is 3.55. The Morgan fingerprint density at radius 2 is 2.06 bits per heavy atom. The topological polar surface area (TPSA) is 45.4 Å². The van der Waals surface area contributed by atoms with Crippen LogP contribution in [0, 0.1) is 11.3 Å². The van der Waals surface area contributed by atoms with E-state index in [9.17, 15) is 0 Å². The van der Waals surface area contributed by atoms with Gasteiger partial charge in [0.1, 0.15) is 11.8 Å². The SMILES string of the molecule is C=C(C#N)/C(Cl)=C\C(=NC)c1ccc(OC)cc1. The van der Waals surface area contributed by atoms with Crippen LogP contribution in [0.3, 0.4) is 0 Å². The number of nitriles is 1. The van der Waals surface area contributed by atoms with Gasteiger partial charge in [0.2, 0.25) is 0 Å². The van der Waals surface area contributed by atoms with Crippen molar-refractivity contribution in [2.45, 2.75) is 0 Å². The van der Waals surface area contributed by atoms with Crippen molar-refractivity contribution >= 4 is 17.3 Å². The Kier molecular flexibility index (Phi) is 5.16. The number of aliphatic imine (C=N–C) groups is 1. The first-order valence-electron chi connectivity index (χ1n) is 5.20. The van der Waals surface area contributed by atoms with Crippen molar-refractivity contribution in [3.05, 3.63) is 53.1 Å². The van der Waals surface area contributed by atoms with E-state index in [4.69, 9.17) is 21.6 Å². The average Bonchev–Trinajstić information content (AvgIpc) is 2.43.